The summed E-state index contributed by atoms with van der Waals surface area (Å²) in [5.74, 6) is 0.341. The van der Waals surface area contributed by atoms with Crippen molar-refractivity contribution in [1.82, 2.24) is 9.36 Å². The van der Waals surface area contributed by atoms with Crippen molar-refractivity contribution in [3.05, 3.63) is 0 Å². The minimum atomic E-state index is 0.292. The number of ether oxygens (including phenoxy) is 1. The summed E-state index contributed by atoms with van der Waals surface area (Å²) >= 11 is 1.30. The van der Waals surface area contributed by atoms with Crippen molar-refractivity contribution in [2.45, 2.75) is 13.3 Å². The van der Waals surface area contributed by atoms with Crippen LogP contribution in [0.5, 0.6) is 0 Å². The molecule has 1 aromatic rings. The van der Waals surface area contributed by atoms with Gasteiger partial charge in [0.05, 0.1) is 13.2 Å². The van der Waals surface area contributed by atoms with Crippen LogP contribution < -0.4 is 11.1 Å². The number of aromatic nitrogens is 2. The molecule has 78 valence electrons. The van der Waals surface area contributed by atoms with E-state index in [1.54, 1.807) is 0 Å². The Morgan fingerprint density at radius 3 is 2.86 bits per heavy atom. The van der Waals surface area contributed by atoms with E-state index in [-0.39, 0.29) is 0 Å². The molecule has 0 unspecified atom stereocenters. The second kappa shape index (κ2) is 3.70. The number of nitrogen functional groups attached to an aromatic ring is 1. The summed E-state index contributed by atoms with van der Waals surface area (Å²) in [5, 5.41) is 4.04. The van der Waals surface area contributed by atoms with Gasteiger partial charge in [0.15, 0.2) is 0 Å². The average Bonchev–Trinajstić information content (AvgIpc) is 2.50. The fourth-order valence-corrected chi connectivity index (χ4v) is 1.88. The Hall–Kier alpha value is -0.880. The summed E-state index contributed by atoms with van der Waals surface area (Å²) in [7, 11) is 0. The Balaban J connectivity index is 1.87. The third-order valence-electron chi connectivity index (χ3n) is 2.62. The van der Waals surface area contributed by atoms with Gasteiger partial charge in [-0.25, -0.2) is 0 Å². The first-order valence-electron chi connectivity index (χ1n) is 4.65. The maximum atomic E-state index is 5.42. The van der Waals surface area contributed by atoms with Crippen LogP contribution in [0.4, 0.5) is 11.1 Å². The van der Waals surface area contributed by atoms with E-state index in [1.165, 1.54) is 11.5 Å². The molecule has 1 fully saturated rings. The van der Waals surface area contributed by atoms with Crippen LogP contribution in [-0.2, 0) is 4.74 Å². The van der Waals surface area contributed by atoms with Gasteiger partial charge in [0.2, 0.25) is 11.1 Å². The number of nitrogens with one attached hydrogen (secondary N) is 1. The molecule has 3 N–H and O–H groups in total. The SMILES string of the molecule is CCC1(CNc2nc(N)ns2)COC1. The number of anilines is 2. The maximum absolute atomic E-state index is 5.42. The lowest BCUT2D eigenvalue weighted by Crippen LogP contribution is -2.47. The van der Waals surface area contributed by atoms with Crippen LogP contribution in [0.3, 0.4) is 0 Å². The van der Waals surface area contributed by atoms with E-state index >= 15 is 0 Å². The van der Waals surface area contributed by atoms with Crippen LogP contribution in [0.2, 0.25) is 0 Å². The van der Waals surface area contributed by atoms with Crippen molar-refractivity contribution in [2.75, 3.05) is 30.8 Å². The number of rotatable bonds is 4. The topological polar surface area (TPSA) is 73.1 Å². The van der Waals surface area contributed by atoms with Crippen LogP contribution in [0.15, 0.2) is 0 Å². The minimum Gasteiger partial charge on any atom is -0.380 e. The molecule has 0 radical (unpaired) electrons. The highest BCUT2D eigenvalue weighted by Gasteiger charge is 2.36. The van der Waals surface area contributed by atoms with E-state index in [2.05, 4.69) is 21.6 Å². The van der Waals surface area contributed by atoms with Crippen molar-refractivity contribution in [3.63, 3.8) is 0 Å². The second-order valence-corrected chi connectivity index (χ2v) is 4.41. The molecule has 1 aliphatic heterocycles. The molecule has 0 saturated carbocycles. The first-order chi connectivity index (χ1) is 6.74. The Morgan fingerprint density at radius 2 is 2.43 bits per heavy atom. The van der Waals surface area contributed by atoms with Crippen LogP contribution in [-0.4, -0.2) is 29.1 Å². The van der Waals surface area contributed by atoms with Gasteiger partial charge in [-0.2, -0.15) is 9.36 Å². The summed E-state index contributed by atoms with van der Waals surface area (Å²) in [5.41, 5.74) is 5.71. The van der Waals surface area contributed by atoms with Crippen molar-refractivity contribution in [3.8, 4) is 0 Å². The lowest BCUT2D eigenvalue weighted by molar-refractivity contribution is -0.106. The van der Waals surface area contributed by atoms with Crippen molar-refractivity contribution >= 4 is 22.6 Å². The molecule has 0 bridgehead atoms. The van der Waals surface area contributed by atoms with E-state index in [9.17, 15) is 0 Å². The zero-order valence-corrected chi connectivity index (χ0v) is 8.93. The third kappa shape index (κ3) is 1.80. The molecular formula is C8H14N4OS. The van der Waals surface area contributed by atoms with E-state index < -0.39 is 0 Å². The molecule has 0 aromatic carbocycles. The summed E-state index contributed by atoms with van der Waals surface area (Å²) < 4.78 is 9.13. The smallest absolute Gasteiger partial charge is 0.233 e. The first-order valence-corrected chi connectivity index (χ1v) is 5.42. The molecule has 2 heterocycles. The van der Waals surface area contributed by atoms with Gasteiger partial charge in [0.25, 0.3) is 0 Å². The van der Waals surface area contributed by atoms with Gasteiger partial charge in [-0.3, -0.25) is 0 Å². The number of nitrogens with two attached hydrogens (primary N) is 1. The van der Waals surface area contributed by atoms with Gasteiger partial charge < -0.3 is 15.8 Å². The number of nitrogens with zero attached hydrogens (tertiary/aromatic N) is 2. The van der Waals surface area contributed by atoms with Crippen LogP contribution in [0.1, 0.15) is 13.3 Å². The zero-order chi connectivity index (χ0) is 10.0. The van der Waals surface area contributed by atoms with Crippen molar-refractivity contribution in [2.24, 2.45) is 5.41 Å². The zero-order valence-electron chi connectivity index (χ0n) is 8.12. The quantitative estimate of drug-likeness (QED) is 0.781. The van der Waals surface area contributed by atoms with Gasteiger partial charge in [0, 0.05) is 23.5 Å². The van der Waals surface area contributed by atoms with Crippen molar-refractivity contribution in [1.29, 1.82) is 0 Å². The predicted octanol–water partition coefficient (Wildman–Crippen LogP) is 0.959. The highest BCUT2D eigenvalue weighted by atomic mass is 32.1. The largest absolute Gasteiger partial charge is 0.380 e. The Labute approximate surface area is 86.8 Å². The number of hydrogen-bond acceptors (Lipinski definition) is 6. The van der Waals surface area contributed by atoms with E-state index in [0.29, 0.717) is 11.4 Å². The summed E-state index contributed by atoms with van der Waals surface area (Å²) in [6.07, 6.45) is 1.12. The third-order valence-corrected chi connectivity index (χ3v) is 3.31. The Kier molecular flexibility index (Phi) is 2.56. The molecular weight excluding hydrogens is 200 g/mol. The van der Waals surface area contributed by atoms with Crippen LogP contribution >= 0.6 is 11.5 Å². The molecule has 0 atom stereocenters. The van der Waals surface area contributed by atoms with E-state index in [4.69, 9.17) is 10.5 Å². The van der Waals surface area contributed by atoms with Gasteiger partial charge in [-0.1, -0.05) is 6.92 Å². The lowest BCUT2D eigenvalue weighted by Gasteiger charge is -2.40. The fraction of sp³-hybridized carbons (Fsp3) is 0.750. The number of hydrogen-bond donors (Lipinski definition) is 2. The highest BCUT2D eigenvalue weighted by Crippen LogP contribution is 2.31. The molecule has 0 amide bonds. The lowest BCUT2D eigenvalue weighted by atomic mass is 9.83. The second-order valence-electron chi connectivity index (χ2n) is 3.66. The summed E-state index contributed by atoms with van der Waals surface area (Å²) in [6, 6.07) is 0. The molecule has 1 aromatic heterocycles. The molecule has 1 aliphatic rings. The normalized spacial score (nSPS) is 18.9. The molecule has 0 spiro atoms. The molecule has 1 saturated heterocycles. The van der Waals surface area contributed by atoms with Gasteiger partial charge in [-0.05, 0) is 6.42 Å². The minimum absolute atomic E-state index is 0.292. The summed E-state index contributed by atoms with van der Waals surface area (Å²) in [4.78, 5) is 4.04. The van der Waals surface area contributed by atoms with E-state index in [1.807, 2.05) is 0 Å². The Morgan fingerprint density at radius 1 is 1.64 bits per heavy atom. The van der Waals surface area contributed by atoms with Crippen LogP contribution in [0, 0.1) is 5.41 Å². The molecule has 14 heavy (non-hydrogen) atoms. The summed E-state index contributed by atoms with van der Waals surface area (Å²) in [6.45, 7) is 4.74. The van der Waals surface area contributed by atoms with Crippen LogP contribution in [0.25, 0.3) is 0 Å². The molecule has 6 heteroatoms. The van der Waals surface area contributed by atoms with Gasteiger partial charge in [-0.15, -0.1) is 0 Å². The standard InChI is InChI=1S/C8H14N4OS/c1-2-8(4-13-5-8)3-10-7-11-6(9)12-14-7/h2-5H2,1H3,(H3,9,10,11,12). The van der Waals surface area contributed by atoms with E-state index in [0.717, 1.165) is 31.3 Å². The first kappa shape index (κ1) is 9.67. The fourth-order valence-electron chi connectivity index (χ4n) is 1.39. The highest BCUT2D eigenvalue weighted by molar-refractivity contribution is 7.09. The maximum Gasteiger partial charge on any atom is 0.233 e. The average molecular weight is 214 g/mol. The van der Waals surface area contributed by atoms with Gasteiger partial charge in [0.1, 0.15) is 0 Å². The predicted molar refractivity (Wildman–Crippen MR) is 56.4 cm³/mol. The van der Waals surface area contributed by atoms with Gasteiger partial charge >= 0.3 is 0 Å². The monoisotopic (exact) mass is 214 g/mol. The molecule has 2 rings (SSSR count). The molecule has 5 nitrogen and oxygen atoms in total. The van der Waals surface area contributed by atoms with Crippen molar-refractivity contribution < 1.29 is 4.74 Å². The molecule has 0 aliphatic carbocycles. The Bertz CT molecular complexity index is 305.